The molecule has 112 valence electrons. The number of aromatic nitrogens is 1. The van der Waals surface area contributed by atoms with Crippen LogP contribution in [0.25, 0.3) is 0 Å². The summed E-state index contributed by atoms with van der Waals surface area (Å²) in [6, 6.07) is 4.30. The third-order valence-corrected chi connectivity index (χ3v) is 4.05. The molecular weight excluding hydrogens is 250 g/mol. The number of anilines is 1. The molecule has 0 bridgehead atoms. The normalized spacial score (nSPS) is 23.1. The molecule has 0 aromatic carbocycles. The van der Waals surface area contributed by atoms with Gasteiger partial charge < -0.3 is 15.0 Å². The highest BCUT2D eigenvalue weighted by atomic mass is 16.5. The summed E-state index contributed by atoms with van der Waals surface area (Å²) < 4.78 is 5.67. The molecule has 0 amide bonds. The van der Waals surface area contributed by atoms with E-state index in [9.17, 15) is 0 Å². The van der Waals surface area contributed by atoms with Crippen LogP contribution in [0.3, 0.4) is 0 Å². The number of rotatable bonds is 6. The van der Waals surface area contributed by atoms with Gasteiger partial charge in [0, 0.05) is 38.6 Å². The Kier molecular flexibility index (Phi) is 5.38. The maximum absolute atomic E-state index is 5.67. The molecule has 0 saturated carbocycles. The van der Waals surface area contributed by atoms with Gasteiger partial charge in [-0.2, -0.15) is 0 Å². The van der Waals surface area contributed by atoms with Gasteiger partial charge in [0.25, 0.3) is 0 Å². The van der Waals surface area contributed by atoms with Gasteiger partial charge in [0.2, 0.25) is 0 Å². The van der Waals surface area contributed by atoms with E-state index in [2.05, 4.69) is 41.2 Å². The molecule has 4 heteroatoms. The van der Waals surface area contributed by atoms with Gasteiger partial charge in [-0.05, 0) is 44.9 Å². The lowest BCUT2D eigenvalue weighted by molar-refractivity contribution is -0.00466. The van der Waals surface area contributed by atoms with Crippen molar-refractivity contribution in [3.8, 4) is 0 Å². The lowest BCUT2D eigenvalue weighted by Gasteiger charge is -2.40. The predicted molar refractivity (Wildman–Crippen MR) is 83.1 cm³/mol. The van der Waals surface area contributed by atoms with E-state index < -0.39 is 0 Å². The topological polar surface area (TPSA) is 37.4 Å². The summed E-state index contributed by atoms with van der Waals surface area (Å²) in [4.78, 5) is 6.86. The first-order valence-corrected chi connectivity index (χ1v) is 7.62. The van der Waals surface area contributed by atoms with Crippen molar-refractivity contribution < 1.29 is 4.74 Å². The zero-order valence-electron chi connectivity index (χ0n) is 13.0. The highest BCUT2D eigenvalue weighted by Gasteiger charge is 2.30. The summed E-state index contributed by atoms with van der Waals surface area (Å²) in [5.74, 6) is 0. The second-order valence-electron chi connectivity index (χ2n) is 5.86. The molecule has 0 radical (unpaired) electrons. The number of nitrogens with one attached hydrogen (secondary N) is 1. The fourth-order valence-electron chi connectivity index (χ4n) is 2.74. The lowest BCUT2D eigenvalue weighted by Crippen LogP contribution is -2.47. The fraction of sp³-hybridized carbons (Fsp3) is 0.688. The maximum atomic E-state index is 5.67. The van der Waals surface area contributed by atoms with Gasteiger partial charge in [-0.25, -0.2) is 0 Å². The summed E-state index contributed by atoms with van der Waals surface area (Å²) in [5.41, 5.74) is 2.35. The van der Waals surface area contributed by atoms with Crippen molar-refractivity contribution in [1.82, 2.24) is 10.3 Å². The van der Waals surface area contributed by atoms with Crippen LogP contribution in [0.5, 0.6) is 0 Å². The van der Waals surface area contributed by atoms with Crippen molar-refractivity contribution in [3.05, 3.63) is 24.0 Å². The quantitative estimate of drug-likeness (QED) is 0.811. The Labute approximate surface area is 122 Å². The van der Waals surface area contributed by atoms with E-state index in [1.165, 1.54) is 12.1 Å². The van der Waals surface area contributed by atoms with Crippen LogP contribution in [0.15, 0.2) is 18.3 Å². The molecule has 2 rings (SSSR count). The minimum atomic E-state index is -0.0257. The first-order chi connectivity index (χ1) is 9.67. The molecule has 0 spiro atoms. The molecule has 1 unspecified atom stereocenters. The molecule has 1 aliphatic rings. The summed E-state index contributed by atoms with van der Waals surface area (Å²) in [5, 5.41) is 3.40. The molecule has 1 atom stereocenters. The average Bonchev–Trinajstić information content (AvgIpc) is 2.48. The molecule has 1 aromatic heterocycles. The highest BCUT2D eigenvalue weighted by molar-refractivity contribution is 5.47. The molecule has 1 aromatic rings. The molecular formula is C16H27N3O. The van der Waals surface area contributed by atoms with Crippen LogP contribution in [0.1, 0.15) is 38.8 Å². The third kappa shape index (κ3) is 3.93. The number of pyridine rings is 1. The van der Waals surface area contributed by atoms with Gasteiger partial charge in [-0.15, -0.1) is 0 Å². The van der Waals surface area contributed by atoms with E-state index in [0.717, 1.165) is 44.7 Å². The molecule has 1 saturated heterocycles. The van der Waals surface area contributed by atoms with E-state index in [0.29, 0.717) is 0 Å². The van der Waals surface area contributed by atoms with Crippen molar-refractivity contribution >= 4 is 5.69 Å². The average molecular weight is 277 g/mol. The Morgan fingerprint density at radius 1 is 1.50 bits per heavy atom. The zero-order chi connectivity index (χ0) is 14.4. The van der Waals surface area contributed by atoms with Crippen LogP contribution in [-0.4, -0.2) is 37.3 Å². The van der Waals surface area contributed by atoms with Crippen molar-refractivity contribution in [1.29, 1.82) is 0 Å². The van der Waals surface area contributed by atoms with Crippen LogP contribution in [0.4, 0.5) is 5.69 Å². The minimum Gasteiger partial charge on any atom is -0.377 e. The predicted octanol–water partition coefficient (Wildman–Crippen LogP) is 2.59. The second kappa shape index (κ2) is 7.04. The number of ether oxygens (including phenoxy) is 1. The molecule has 0 aliphatic carbocycles. The van der Waals surface area contributed by atoms with E-state index in [4.69, 9.17) is 4.74 Å². The third-order valence-electron chi connectivity index (χ3n) is 4.05. The van der Waals surface area contributed by atoms with Crippen LogP contribution in [0.2, 0.25) is 0 Å². The SMILES string of the molecule is CCCNCc1cc(N2CCCC(C)(OC)C2)ccn1. The van der Waals surface area contributed by atoms with Gasteiger partial charge in [0.1, 0.15) is 0 Å². The largest absolute Gasteiger partial charge is 0.377 e. The molecule has 2 heterocycles. The Balaban J connectivity index is 2.02. The summed E-state index contributed by atoms with van der Waals surface area (Å²) >= 11 is 0. The summed E-state index contributed by atoms with van der Waals surface area (Å²) in [6.07, 6.45) is 5.38. The van der Waals surface area contributed by atoms with Crippen molar-refractivity contribution in [2.24, 2.45) is 0 Å². The molecule has 4 nitrogen and oxygen atoms in total. The highest BCUT2D eigenvalue weighted by Crippen LogP contribution is 2.28. The first-order valence-electron chi connectivity index (χ1n) is 7.62. The second-order valence-corrected chi connectivity index (χ2v) is 5.86. The molecule has 1 aliphatic heterocycles. The number of piperidine rings is 1. The first kappa shape index (κ1) is 15.3. The van der Waals surface area contributed by atoms with E-state index in [1.54, 1.807) is 0 Å². The minimum absolute atomic E-state index is 0.0257. The van der Waals surface area contributed by atoms with E-state index in [1.807, 2.05) is 13.3 Å². The van der Waals surface area contributed by atoms with Gasteiger partial charge in [0.15, 0.2) is 0 Å². The maximum Gasteiger partial charge on any atom is 0.0825 e. The summed E-state index contributed by atoms with van der Waals surface area (Å²) in [6.45, 7) is 8.31. The van der Waals surface area contributed by atoms with Gasteiger partial charge in [-0.3, -0.25) is 4.98 Å². The number of methoxy groups -OCH3 is 1. The Morgan fingerprint density at radius 2 is 2.35 bits per heavy atom. The van der Waals surface area contributed by atoms with E-state index >= 15 is 0 Å². The van der Waals surface area contributed by atoms with Crippen molar-refractivity contribution in [3.63, 3.8) is 0 Å². The van der Waals surface area contributed by atoms with E-state index in [-0.39, 0.29) is 5.60 Å². The van der Waals surface area contributed by atoms with Crippen LogP contribution >= 0.6 is 0 Å². The summed E-state index contributed by atoms with van der Waals surface area (Å²) in [7, 11) is 1.82. The fourth-order valence-corrected chi connectivity index (χ4v) is 2.74. The van der Waals surface area contributed by atoms with Gasteiger partial charge in [-0.1, -0.05) is 6.92 Å². The molecule has 1 fully saturated rings. The van der Waals surface area contributed by atoms with Gasteiger partial charge >= 0.3 is 0 Å². The number of hydrogen-bond acceptors (Lipinski definition) is 4. The Hall–Kier alpha value is -1.13. The van der Waals surface area contributed by atoms with Crippen LogP contribution in [0, 0.1) is 0 Å². The monoisotopic (exact) mass is 277 g/mol. The number of nitrogens with zero attached hydrogens (tertiary/aromatic N) is 2. The standard InChI is InChI=1S/C16H27N3O/c1-4-8-17-12-14-11-15(6-9-18-14)19-10-5-7-16(2,13-19)20-3/h6,9,11,17H,4-5,7-8,10,12-13H2,1-3H3. The van der Waals surface area contributed by atoms with Crippen LogP contribution < -0.4 is 10.2 Å². The molecule has 1 N–H and O–H groups in total. The zero-order valence-corrected chi connectivity index (χ0v) is 13.0. The van der Waals surface area contributed by atoms with Crippen molar-refractivity contribution in [2.75, 3.05) is 31.6 Å². The Bertz CT molecular complexity index is 424. The lowest BCUT2D eigenvalue weighted by atomic mass is 9.94. The van der Waals surface area contributed by atoms with Crippen molar-refractivity contribution in [2.45, 2.75) is 45.3 Å². The molecule has 20 heavy (non-hydrogen) atoms. The number of hydrogen-bond donors (Lipinski definition) is 1. The van der Waals surface area contributed by atoms with Gasteiger partial charge in [0.05, 0.1) is 11.3 Å². The van der Waals surface area contributed by atoms with Crippen LogP contribution in [-0.2, 0) is 11.3 Å². The Morgan fingerprint density at radius 3 is 3.10 bits per heavy atom. The smallest absolute Gasteiger partial charge is 0.0825 e.